The van der Waals surface area contributed by atoms with E-state index in [0.29, 0.717) is 29.2 Å². The van der Waals surface area contributed by atoms with Gasteiger partial charge in [0.2, 0.25) is 11.8 Å². The smallest absolute Gasteiger partial charge is 0.232 e. The molecule has 7 nitrogen and oxygen atoms in total. The third-order valence-corrected chi connectivity index (χ3v) is 5.24. The average molecular weight is 494 g/mol. The van der Waals surface area contributed by atoms with Crippen LogP contribution < -0.4 is 9.64 Å². The molecule has 0 aliphatic carbocycles. The number of methoxy groups -OCH3 is 1. The van der Waals surface area contributed by atoms with Gasteiger partial charge in [0.05, 0.1) is 19.0 Å². The number of aliphatic hydroxyl groups is 1. The molecule has 2 aromatic heterocycles. The zero-order chi connectivity index (χ0) is 25.7. The molecule has 9 heteroatoms. The Labute approximate surface area is 207 Å². The SMILES string of the molecule is CC.CC.CC.COc1ccc(-n2c(CO)nnc2N2CCC(c3ccc(F)cc3Cl)C2)cn1. The lowest BCUT2D eigenvalue weighted by Gasteiger charge is -2.19. The minimum atomic E-state index is -0.345. The number of rotatable bonds is 5. The molecule has 3 aromatic rings. The van der Waals surface area contributed by atoms with Crippen molar-refractivity contribution in [2.75, 3.05) is 25.1 Å². The second-order valence-electron chi connectivity index (χ2n) is 6.57. The van der Waals surface area contributed by atoms with Gasteiger partial charge < -0.3 is 14.7 Å². The van der Waals surface area contributed by atoms with Crippen LogP contribution in [0.4, 0.5) is 10.3 Å². The van der Waals surface area contributed by atoms with Crippen molar-refractivity contribution in [1.29, 1.82) is 0 Å². The number of hydrogen-bond acceptors (Lipinski definition) is 6. The molecule has 1 unspecified atom stereocenters. The maximum Gasteiger partial charge on any atom is 0.232 e. The summed E-state index contributed by atoms with van der Waals surface area (Å²) in [5.41, 5.74) is 1.65. The largest absolute Gasteiger partial charge is 0.481 e. The zero-order valence-electron chi connectivity index (χ0n) is 21.2. The number of halogens is 2. The minimum Gasteiger partial charge on any atom is -0.481 e. The molecule has 1 fully saturated rings. The predicted octanol–water partition coefficient (Wildman–Crippen LogP) is 6.03. The van der Waals surface area contributed by atoms with E-state index in [9.17, 15) is 9.50 Å². The van der Waals surface area contributed by atoms with Gasteiger partial charge in [0.1, 0.15) is 12.4 Å². The first-order valence-electron chi connectivity index (χ1n) is 11.9. The van der Waals surface area contributed by atoms with Gasteiger partial charge in [-0.2, -0.15) is 0 Å². The van der Waals surface area contributed by atoms with Crippen LogP contribution in [0.1, 0.15) is 65.3 Å². The standard InChI is InChI=1S/C19H19ClFN5O2.3C2H6/c1-28-18-5-3-14(9-22-18)26-17(11-27)23-24-19(26)25-7-6-12(10-25)15-4-2-13(21)8-16(15)20;3*1-2/h2-5,8-9,12,27H,6-7,10-11H2,1H3;3*1-2H3. The third-order valence-electron chi connectivity index (χ3n) is 4.92. The van der Waals surface area contributed by atoms with Crippen LogP contribution in [0.3, 0.4) is 0 Å². The first-order valence-corrected chi connectivity index (χ1v) is 12.2. The van der Waals surface area contributed by atoms with Gasteiger partial charge >= 0.3 is 0 Å². The van der Waals surface area contributed by atoms with E-state index in [1.807, 2.05) is 47.6 Å². The van der Waals surface area contributed by atoms with Crippen LogP contribution in [-0.2, 0) is 6.61 Å². The number of hydrogen-bond donors (Lipinski definition) is 1. The number of anilines is 1. The van der Waals surface area contributed by atoms with Gasteiger partial charge in [0.25, 0.3) is 0 Å². The molecular weight excluding hydrogens is 457 g/mol. The van der Waals surface area contributed by atoms with E-state index in [-0.39, 0.29) is 18.3 Å². The second kappa shape index (κ2) is 15.2. The summed E-state index contributed by atoms with van der Waals surface area (Å²) < 4.78 is 20.2. The number of aromatic nitrogens is 4. The summed E-state index contributed by atoms with van der Waals surface area (Å²) in [5, 5.41) is 18.5. The topological polar surface area (TPSA) is 76.3 Å². The molecule has 0 spiro atoms. The van der Waals surface area contributed by atoms with E-state index in [4.69, 9.17) is 16.3 Å². The molecule has 0 radical (unpaired) electrons. The Morgan fingerprint density at radius 2 is 1.79 bits per heavy atom. The van der Waals surface area contributed by atoms with Gasteiger partial charge in [-0.05, 0) is 30.2 Å². The lowest BCUT2D eigenvalue weighted by Crippen LogP contribution is -2.23. The van der Waals surface area contributed by atoms with Crippen LogP contribution in [0, 0.1) is 5.82 Å². The van der Waals surface area contributed by atoms with Crippen molar-refractivity contribution in [3.05, 3.63) is 58.8 Å². The van der Waals surface area contributed by atoms with Crippen molar-refractivity contribution in [2.45, 2.75) is 60.5 Å². The summed E-state index contributed by atoms with van der Waals surface area (Å²) in [6.45, 7) is 13.2. The van der Waals surface area contributed by atoms with Crippen molar-refractivity contribution < 1.29 is 14.2 Å². The van der Waals surface area contributed by atoms with Crippen molar-refractivity contribution >= 4 is 17.5 Å². The van der Waals surface area contributed by atoms with Crippen LogP contribution >= 0.6 is 11.6 Å². The molecular formula is C25H37ClFN5O2. The fraction of sp³-hybridized carbons (Fsp3) is 0.480. The Kier molecular flexibility index (Phi) is 13.1. The van der Waals surface area contributed by atoms with Crippen molar-refractivity contribution in [1.82, 2.24) is 19.7 Å². The first kappa shape index (κ1) is 29.3. The summed E-state index contributed by atoms with van der Waals surface area (Å²) in [7, 11) is 1.55. The molecule has 4 rings (SSSR count). The molecule has 34 heavy (non-hydrogen) atoms. The first-order chi connectivity index (χ1) is 16.6. The Balaban J connectivity index is 0.000000894. The van der Waals surface area contributed by atoms with Crippen molar-refractivity contribution in [3.8, 4) is 11.6 Å². The van der Waals surface area contributed by atoms with E-state index < -0.39 is 0 Å². The molecule has 188 valence electrons. The number of pyridine rings is 1. The van der Waals surface area contributed by atoms with Crippen molar-refractivity contribution in [3.63, 3.8) is 0 Å². The summed E-state index contributed by atoms with van der Waals surface area (Å²) in [5.74, 6) is 1.35. The van der Waals surface area contributed by atoms with E-state index >= 15 is 0 Å². The highest BCUT2D eigenvalue weighted by Crippen LogP contribution is 2.35. The van der Waals surface area contributed by atoms with E-state index in [1.165, 1.54) is 12.1 Å². The minimum absolute atomic E-state index is 0.157. The fourth-order valence-corrected chi connectivity index (χ4v) is 3.85. The molecule has 3 heterocycles. The second-order valence-corrected chi connectivity index (χ2v) is 6.97. The molecule has 0 amide bonds. The van der Waals surface area contributed by atoms with E-state index in [0.717, 1.165) is 24.2 Å². The van der Waals surface area contributed by atoms with Crippen LogP contribution in [0.15, 0.2) is 36.5 Å². The average Bonchev–Trinajstić information content (AvgIpc) is 3.55. The Morgan fingerprint density at radius 3 is 2.35 bits per heavy atom. The lowest BCUT2D eigenvalue weighted by atomic mass is 9.98. The summed E-state index contributed by atoms with van der Waals surface area (Å²) in [6, 6.07) is 8.09. The quantitative estimate of drug-likeness (QED) is 0.467. The molecule has 1 aliphatic heterocycles. The molecule has 1 aromatic carbocycles. The molecule has 1 aliphatic rings. The van der Waals surface area contributed by atoms with Crippen LogP contribution in [0.2, 0.25) is 5.02 Å². The van der Waals surface area contributed by atoms with E-state index in [2.05, 4.69) is 20.1 Å². The molecule has 1 atom stereocenters. The Bertz CT molecular complexity index is 982. The van der Waals surface area contributed by atoms with E-state index in [1.54, 1.807) is 30.0 Å². The number of nitrogens with zero attached hydrogens (tertiary/aromatic N) is 5. The summed E-state index contributed by atoms with van der Waals surface area (Å²) >= 11 is 6.24. The van der Waals surface area contributed by atoms with Crippen molar-refractivity contribution in [2.24, 2.45) is 0 Å². The van der Waals surface area contributed by atoms with Crippen LogP contribution in [0.25, 0.3) is 5.69 Å². The maximum absolute atomic E-state index is 13.4. The number of aliphatic hydroxyl groups excluding tert-OH is 1. The Hall–Kier alpha value is -2.71. The highest BCUT2D eigenvalue weighted by atomic mass is 35.5. The monoisotopic (exact) mass is 493 g/mol. The highest BCUT2D eigenvalue weighted by molar-refractivity contribution is 6.31. The molecule has 1 saturated heterocycles. The summed E-state index contributed by atoms with van der Waals surface area (Å²) in [6.07, 6.45) is 2.50. The van der Waals surface area contributed by atoms with Crippen LogP contribution in [-0.4, -0.2) is 45.1 Å². The molecule has 1 N–H and O–H groups in total. The fourth-order valence-electron chi connectivity index (χ4n) is 3.53. The lowest BCUT2D eigenvalue weighted by molar-refractivity contribution is 0.269. The zero-order valence-corrected chi connectivity index (χ0v) is 22.0. The molecule has 0 bridgehead atoms. The molecule has 0 saturated carbocycles. The van der Waals surface area contributed by atoms with Gasteiger partial charge in [-0.1, -0.05) is 59.2 Å². The van der Waals surface area contributed by atoms with Gasteiger partial charge in [0, 0.05) is 30.1 Å². The van der Waals surface area contributed by atoms with Gasteiger partial charge in [0.15, 0.2) is 5.82 Å². The number of benzene rings is 1. The summed E-state index contributed by atoms with van der Waals surface area (Å²) in [4.78, 5) is 6.31. The normalized spacial score (nSPS) is 14.2. The van der Waals surface area contributed by atoms with Crippen LogP contribution in [0.5, 0.6) is 5.88 Å². The third kappa shape index (κ3) is 6.90. The van der Waals surface area contributed by atoms with Gasteiger partial charge in [-0.3, -0.25) is 4.57 Å². The number of ether oxygens (including phenoxy) is 1. The highest BCUT2D eigenvalue weighted by Gasteiger charge is 2.29. The maximum atomic E-state index is 13.4. The predicted molar refractivity (Wildman–Crippen MR) is 137 cm³/mol. The van der Waals surface area contributed by atoms with Gasteiger partial charge in [-0.25, -0.2) is 9.37 Å². The van der Waals surface area contributed by atoms with Gasteiger partial charge in [-0.15, -0.1) is 10.2 Å². The Morgan fingerprint density at radius 1 is 1.09 bits per heavy atom.